The van der Waals surface area contributed by atoms with Crippen molar-refractivity contribution in [3.63, 3.8) is 0 Å². The number of quaternary nitrogens is 1. The molecule has 0 spiro atoms. The summed E-state index contributed by atoms with van der Waals surface area (Å²) in [5, 5.41) is 0. The molecule has 1 amide bonds. The highest BCUT2D eigenvalue weighted by Crippen LogP contribution is 2.19. The summed E-state index contributed by atoms with van der Waals surface area (Å²) >= 11 is 0. The summed E-state index contributed by atoms with van der Waals surface area (Å²) in [7, 11) is 2.11. The van der Waals surface area contributed by atoms with E-state index in [4.69, 9.17) is 0 Å². The highest BCUT2D eigenvalue weighted by molar-refractivity contribution is 5.68. The number of amides is 1. The molecule has 0 aromatic heterocycles. The number of hydrogen-bond acceptors (Lipinski definition) is 1. The molecule has 1 aliphatic heterocycles. The SMILES string of the molecule is CCCCCCCC(=O)[N+]1(C)CCCC1. The number of carbonyl (C=O) groups excluding carboxylic acids is 1. The monoisotopic (exact) mass is 212 g/mol. The molecule has 2 nitrogen and oxygen atoms in total. The van der Waals surface area contributed by atoms with Crippen LogP contribution in [-0.4, -0.2) is 30.5 Å². The van der Waals surface area contributed by atoms with Gasteiger partial charge in [-0.2, -0.15) is 0 Å². The summed E-state index contributed by atoms with van der Waals surface area (Å²) in [5.41, 5.74) is 0. The molecule has 88 valence electrons. The molecule has 1 aliphatic rings. The number of likely N-dealkylation sites (tertiary alicyclic amines) is 1. The molecule has 0 aromatic carbocycles. The number of rotatable bonds is 6. The molecule has 0 atom stereocenters. The molecule has 0 aromatic rings. The van der Waals surface area contributed by atoms with Crippen LogP contribution in [0.1, 0.15) is 58.3 Å². The third-order valence-electron chi connectivity index (χ3n) is 3.65. The second-order valence-corrected chi connectivity index (χ2v) is 5.11. The third kappa shape index (κ3) is 3.94. The van der Waals surface area contributed by atoms with Crippen LogP contribution < -0.4 is 0 Å². The lowest BCUT2D eigenvalue weighted by atomic mass is 10.1. The quantitative estimate of drug-likeness (QED) is 0.488. The standard InChI is InChI=1S/C13H26NO/c1-3-4-5-6-7-10-13(15)14(2)11-8-9-12-14/h3-12H2,1-2H3/q+1. The van der Waals surface area contributed by atoms with E-state index in [0.29, 0.717) is 10.4 Å². The minimum atomic E-state index is 0.476. The Morgan fingerprint density at radius 3 is 2.27 bits per heavy atom. The van der Waals surface area contributed by atoms with Gasteiger partial charge in [-0.1, -0.05) is 32.6 Å². The molecule has 15 heavy (non-hydrogen) atoms. The molecule has 0 aliphatic carbocycles. The van der Waals surface area contributed by atoms with Gasteiger partial charge in [0.25, 0.3) is 0 Å². The first kappa shape index (κ1) is 12.7. The summed E-state index contributed by atoms with van der Waals surface area (Å²) in [4.78, 5) is 12.0. The lowest BCUT2D eigenvalue weighted by molar-refractivity contribution is -0.821. The minimum absolute atomic E-state index is 0.476. The highest BCUT2D eigenvalue weighted by Gasteiger charge is 2.34. The summed E-state index contributed by atoms with van der Waals surface area (Å²) in [5.74, 6) is 0.476. The van der Waals surface area contributed by atoms with Crippen LogP contribution in [0, 0.1) is 0 Å². The normalized spacial score (nSPS) is 19.3. The van der Waals surface area contributed by atoms with Crippen molar-refractivity contribution in [3.8, 4) is 0 Å². The summed E-state index contributed by atoms with van der Waals surface area (Å²) in [6, 6.07) is 0. The van der Waals surface area contributed by atoms with Crippen LogP contribution in [0.15, 0.2) is 0 Å². The largest absolute Gasteiger partial charge is 0.313 e. The average Bonchev–Trinajstić information content (AvgIpc) is 2.66. The third-order valence-corrected chi connectivity index (χ3v) is 3.65. The Kier molecular flexibility index (Phi) is 5.30. The van der Waals surface area contributed by atoms with E-state index in [1.807, 2.05) is 0 Å². The van der Waals surface area contributed by atoms with Crippen molar-refractivity contribution >= 4 is 5.91 Å². The second-order valence-electron chi connectivity index (χ2n) is 5.11. The van der Waals surface area contributed by atoms with Gasteiger partial charge in [0.05, 0.1) is 26.6 Å². The molecule has 0 radical (unpaired) electrons. The van der Waals surface area contributed by atoms with Gasteiger partial charge < -0.3 is 0 Å². The molecular weight excluding hydrogens is 186 g/mol. The summed E-state index contributed by atoms with van der Waals surface area (Å²) < 4.78 is 0.716. The molecule has 0 unspecified atom stereocenters. The Labute approximate surface area is 94.2 Å². The van der Waals surface area contributed by atoms with Gasteiger partial charge in [0.15, 0.2) is 0 Å². The molecule has 0 saturated carbocycles. The molecule has 1 saturated heterocycles. The molecular formula is C13H26NO+. The lowest BCUT2D eigenvalue weighted by Gasteiger charge is -2.25. The number of hydrogen-bond donors (Lipinski definition) is 0. The maximum atomic E-state index is 12.0. The predicted molar refractivity (Wildman–Crippen MR) is 63.5 cm³/mol. The molecule has 1 heterocycles. The van der Waals surface area contributed by atoms with Crippen LogP contribution in [0.3, 0.4) is 0 Å². The van der Waals surface area contributed by atoms with E-state index in [0.717, 1.165) is 25.9 Å². The molecule has 1 fully saturated rings. The highest BCUT2D eigenvalue weighted by atomic mass is 16.2. The van der Waals surface area contributed by atoms with Crippen LogP contribution >= 0.6 is 0 Å². The summed E-state index contributed by atoms with van der Waals surface area (Å²) in [6.07, 6.45) is 9.51. The Morgan fingerprint density at radius 2 is 1.67 bits per heavy atom. The molecule has 0 N–H and O–H groups in total. The zero-order chi connectivity index (χ0) is 11.1. The van der Waals surface area contributed by atoms with Crippen LogP contribution in [0.2, 0.25) is 0 Å². The van der Waals surface area contributed by atoms with E-state index in [-0.39, 0.29) is 0 Å². The van der Waals surface area contributed by atoms with E-state index in [2.05, 4.69) is 14.0 Å². The summed E-state index contributed by atoms with van der Waals surface area (Å²) in [6.45, 7) is 4.38. The van der Waals surface area contributed by atoms with E-state index < -0.39 is 0 Å². The van der Waals surface area contributed by atoms with Gasteiger partial charge in [-0.15, -0.1) is 0 Å². The molecule has 0 bridgehead atoms. The predicted octanol–water partition coefficient (Wildman–Crippen LogP) is 3.11. The first-order valence-corrected chi connectivity index (χ1v) is 6.57. The van der Waals surface area contributed by atoms with Gasteiger partial charge in [-0.3, -0.25) is 4.48 Å². The zero-order valence-electron chi connectivity index (χ0n) is 10.4. The van der Waals surface area contributed by atoms with Gasteiger partial charge in [0.1, 0.15) is 0 Å². The average molecular weight is 212 g/mol. The Hall–Kier alpha value is -0.370. The first-order chi connectivity index (χ1) is 7.19. The number of unbranched alkanes of at least 4 members (excludes halogenated alkanes) is 4. The second kappa shape index (κ2) is 6.26. The van der Waals surface area contributed by atoms with Crippen LogP contribution in [0.25, 0.3) is 0 Å². The van der Waals surface area contributed by atoms with Crippen LogP contribution in [0.5, 0.6) is 0 Å². The maximum Gasteiger partial charge on any atom is 0.313 e. The van der Waals surface area contributed by atoms with Gasteiger partial charge >= 0.3 is 5.91 Å². The van der Waals surface area contributed by atoms with Crippen molar-refractivity contribution in [2.24, 2.45) is 0 Å². The van der Waals surface area contributed by atoms with E-state index >= 15 is 0 Å². The smallest absolute Gasteiger partial charge is 0.263 e. The molecule has 1 rings (SSSR count). The van der Waals surface area contributed by atoms with E-state index in [9.17, 15) is 4.79 Å². The fraction of sp³-hybridized carbons (Fsp3) is 0.923. The Bertz CT molecular complexity index is 195. The topological polar surface area (TPSA) is 17.1 Å². The Morgan fingerprint density at radius 1 is 1.07 bits per heavy atom. The van der Waals surface area contributed by atoms with E-state index in [1.54, 1.807) is 0 Å². The van der Waals surface area contributed by atoms with Crippen molar-refractivity contribution in [1.29, 1.82) is 0 Å². The number of nitrogens with zero attached hydrogens (tertiary/aromatic N) is 1. The van der Waals surface area contributed by atoms with Gasteiger partial charge in [0, 0.05) is 12.8 Å². The van der Waals surface area contributed by atoms with Gasteiger partial charge in [-0.25, -0.2) is 4.79 Å². The minimum Gasteiger partial charge on any atom is -0.263 e. The Balaban J connectivity index is 2.12. The maximum absolute atomic E-state index is 12.0. The van der Waals surface area contributed by atoms with Crippen LogP contribution in [0.4, 0.5) is 0 Å². The van der Waals surface area contributed by atoms with Gasteiger partial charge in [-0.05, 0) is 6.42 Å². The van der Waals surface area contributed by atoms with Gasteiger partial charge in [0.2, 0.25) is 0 Å². The zero-order valence-corrected chi connectivity index (χ0v) is 10.4. The lowest BCUT2D eigenvalue weighted by Crippen LogP contribution is -2.46. The van der Waals surface area contributed by atoms with Crippen molar-refractivity contribution in [3.05, 3.63) is 0 Å². The van der Waals surface area contributed by atoms with Crippen LogP contribution in [-0.2, 0) is 4.79 Å². The van der Waals surface area contributed by atoms with Crippen molar-refractivity contribution in [2.45, 2.75) is 58.3 Å². The van der Waals surface area contributed by atoms with Crippen molar-refractivity contribution in [2.75, 3.05) is 20.1 Å². The fourth-order valence-corrected chi connectivity index (χ4v) is 2.43. The van der Waals surface area contributed by atoms with E-state index in [1.165, 1.54) is 38.5 Å². The molecule has 2 heteroatoms. The van der Waals surface area contributed by atoms with Crippen molar-refractivity contribution in [1.82, 2.24) is 0 Å². The number of carbonyl (C=O) groups is 1. The fourth-order valence-electron chi connectivity index (χ4n) is 2.43. The van der Waals surface area contributed by atoms with Crippen molar-refractivity contribution < 1.29 is 9.28 Å². The first-order valence-electron chi connectivity index (χ1n) is 6.57.